The molecular formula is C22H20N4O5S. The molecule has 2 aromatic heterocycles. The first-order valence-corrected chi connectivity index (χ1v) is 11.2. The number of aromatic amines is 1. The fraction of sp³-hybridized carbons (Fsp3) is 0.136. The standard InChI is InChI=1S/C22H20N4O5S/c1-13-11-18(14(2)26(13)15-7-9-16(10-8-15)32(23,29)30)20(27)12-31-22(28)21-17-5-3-4-6-19(17)24-25-21/h3-11H,12H2,1-2H3,(H,24,25)(H2,23,29,30). The number of fused-ring (bicyclic) bond motifs is 1. The van der Waals surface area contributed by atoms with Crippen molar-refractivity contribution in [2.24, 2.45) is 5.14 Å². The summed E-state index contributed by atoms with van der Waals surface area (Å²) in [7, 11) is -3.80. The molecule has 4 aromatic rings. The summed E-state index contributed by atoms with van der Waals surface area (Å²) in [4.78, 5) is 25.2. The number of hydrogen-bond acceptors (Lipinski definition) is 6. The Balaban J connectivity index is 1.53. The molecular weight excluding hydrogens is 432 g/mol. The van der Waals surface area contributed by atoms with Gasteiger partial charge in [0, 0.05) is 28.0 Å². The Morgan fingerprint density at radius 2 is 1.78 bits per heavy atom. The summed E-state index contributed by atoms with van der Waals surface area (Å²) >= 11 is 0. The van der Waals surface area contributed by atoms with Crippen LogP contribution in [-0.4, -0.2) is 41.5 Å². The Kier molecular flexibility index (Phi) is 5.41. The molecule has 2 heterocycles. The summed E-state index contributed by atoms with van der Waals surface area (Å²) < 4.78 is 30.0. The first kappa shape index (κ1) is 21.5. The first-order chi connectivity index (χ1) is 15.2. The SMILES string of the molecule is Cc1cc(C(=O)COC(=O)c2n[nH]c3ccccc23)c(C)n1-c1ccc(S(N)(=O)=O)cc1. The zero-order valence-corrected chi connectivity index (χ0v) is 18.1. The number of nitrogens with one attached hydrogen (secondary N) is 1. The normalized spacial score (nSPS) is 11.6. The number of aryl methyl sites for hydroxylation is 1. The second kappa shape index (κ2) is 8.06. The number of para-hydroxylation sites is 1. The van der Waals surface area contributed by atoms with Crippen molar-refractivity contribution in [1.29, 1.82) is 0 Å². The lowest BCUT2D eigenvalue weighted by atomic mass is 10.1. The topological polar surface area (TPSA) is 137 Å². The molecule has 0 fully saturated rings. The largest absolute Gasteiger partial charge is 0.452 e. The lowest BCUT2D eigenvalue weighted by Gasteiger charge is -2.10. The van der Waals surface area contributed by atoms with Gasteiger partial charge >= 0.3 is 5.97 Å². The van der Waals surface area contributed by atoms with E-state index in [0.29, 0.717) is 27.8 Å². The number of carbonyl (C=O) groups excluding carboxylic acids is 2. The van der Waals surface area contributed by atoms with E-state index in [1.54, 1.807) is 43.3 Å². The van der Waals surface area contributed by atoms with Crippen LogP contribution in [0.1, 0.15) is 32.2 Å². The number of H-pyrrole nitrogens is 1. The van der Waals surface area contributed by atoms with Gasteiger partial charge in [0.1, 0.15) is 0 Å². The van der Waals surface area contributed by atoms with Gasteiger partial charge in [-0.25, -0.2) is 18.4 Å². The minimum Gasteiger partial charge on any atom is -0.452 e. The lowest BCUT2D eigenvalue weighted by molar-refractivity contribution is 0.0470. The third-order valence-corrected chi connectivity index (χ3v) is 6.08. The van der Waals surface area contributed by atoms with Crippen LogP contribution in [0.2, 0.25) is 0 Å². The summed E-state index contributed by atoms with van der Waals surface area (Å²) in [5.74, 6) is -1.05. The van der Waals surface area contributed by atoms with Gasteiger partial charge in [-0.15, -0.1) is 0 Å². The maximum atomic E-state index is 12.8. The van der Waals surface area contributed by atoms with Crippen molar-refractivity contribution in [1.82, 2.24) is 14.8 Å². The van der Waals surface area contributed by atoms with Crippen molar-refractivity contribution in [2.75, 3.05) is 6.61 Å². The van der Waals surface area contributed by atoms with Gasteiger partial charge in [-0.2, -0.15) is 5.10 Å². The predicted molar refractivity (Wildman–Crippen MR) is 117 cm³/mol. The molecule has 0 saturated carbocycles. The molecule has 0 radical (unpaired) electrons. The van der Waals surface area contributed by atoms with E-state index in [9.17, 15) is 18.0 Å². The highest BCUT2D eigenvalue weighted by Gasteiger charge is 2.21. The van der Waals surface area contributed by atoms with E-state index in [4.69, 9.17) is 9.88 Å². The van der Waals surface area contributed by atoms with Gasteiger partial charge in [0.15, 0.2) is 12.3 Å². The molecule has 0 bridgehead atoms. The van der Waals surface area contributed by atoms with E-state index in [-0.39, 0.29) is 16.4 Å². The Morgan fingerprint density at radius 3 is 2.47 bits per heavy atom. The van der Waals surface area contributed by atoms with Crippen LogP contribution in [0.5, 0.6) is 0 Å². The molecule has 0 saturated heterocycles. The third-order valence-electron chi connectivity index (χ3n) is 5.15. The molecule has 32 heavy (non-hydrogen) atoms. The Bertz CT molecular complexity index is 1450. The summed E-state index contributed by atoms with van der Waals surface area (Å²) in [6.07, 6.45) is 0. The van der Waals surface area contributed by atoms with E-state index in [0.717, 1.165) is 5.69 Å². The Hall–Kier alpha value is -3.76. The zero-order valence-electron chi connectivity index (χ0n) is 17.3. The highest BCUT2D eigenvalue weighted by molar-refractivity contribution is 7.89. The molecule has 0 aliphatic rings. The van der Waals surface area contributed by atoms with Gasteiger partial charge < -0.3 is 9.30 Å². The quantitative estimate of drug-likeness (QED) is 0.341. The van der Waals surface area contributed by atoms with Crippen molar-refractivity contribution in [3.8, 4) is 5.69 Å². The van der Waals surface area contributed by atoms with Crippen LogP contribution >= 0.6 is 0 Å². The lowest BCUT2D eigenvalue weighted by Crippen LogP contribution is -2.15. The molecule has 9 nitrogen and oxygen atoms in total. The second-order valence-electron chi connectivity index (χ2n) is 7.28. The van der Waals surface area contributed by atoms with Crippen molar-refractivity contribution in [3.05, 3.63) is 77.2 Å². The van der Waals surface area contributed by atoms with Gasteiger partial charge in [-0.1, -0.05) is 18.2 Å². The average molecular weight is 452 g/mol. The average Bonchev–Trinajstić information content (AvgIpc) is 3.32. The maximum absolute atomic E-state index is 12.8. The van der Waals surface area contributed by atoms with Crippen LogP contribution in [0.15, 0.2) is 59.5 Å². The van der Waals surface area contributed by atoms with Crippen LogP contribution in [0.3, 0.4) is 0 Å². The highest BCUT2D eigenvalue weighted by Crippen LogP contribution is 2.23. The number of primary sulfonamides is 1. The number of ketones is 1. The number of rotatable bonds is 6. The van der Waals surface area contributed by atoms with Crippen molar-refractivity contribution in [3.63, 3.8) is 0 Å². The molecule has 0 aliphatic carbocycles. The summed E-state index contributed by atoms with van der Waals surface area (Å²) in [6.45, 7) is 3.14. The number of nitrogens with two attached hydrogens (primary N) is 1. The minimum absolute atomic E-state index is 0.00202. The predicted octanol–water partition coefficient (Wildman–Crippen LogP) is 2.66. The third kappa shape index (κ3) is 3.93. The monoisotopic (exact) mass is 452 g/mol. The van der Waals surface area contributed by atoms with E-state index in [1.807, 2.05) is 17.6 Å². The molecule has 3 N–H and O–H groups in total. The molecule has 2 aromatic carbocycles. The van der Waals surface area contributed by atoms with Crippen LogP contribution < -0.4 is 5.14 Å². The van der Waals surface area contributed by atoms with Gasteiger partial charge in [0.2, 0.25) is 15.8 Å². The number of Topliss-reactive ketones (excluding diaryl/α,β-unsaturated/α-hetero) is 1. The molecule has 0 atom stereocenters. The number of benzene rings is 2. The van der Waals surface area contributed by atoms with E-state index >= 15 is 0 Å². The smallest absolute Gasteiger partial charge is 0.359 e. The van der Waals surface area contributed by atoms with Gasteiger partial charge in [-0.05, 0) is 50.2 Å². The van der Waals surface area contributed by atoms with Crippen molar-refractivity contribution >= 4 is 32.7 Å². The zero-order chi connectivity index (χ0) is 23.0. The first-order valence-electron chi connectivity index (χ1n) is 9.62. The Morgan fingerprint density at radius 1 is 1.09 bits per heavy atom. The minimum atomic E-state index is -3.80. The van der Waals surface area contributed by atoms with Crippen LogP contribution in [0.4, 0.5) is 0 Å². The number of hydrogen-bond donors (Lipinski definition) is 2. The van der Waals surface area contributed by atoms with E-state index < -0.39 is 22.6 Å². The summed E-state index contributed by atoms with van der Waals surface area (Å²) in [5.41, 5.74) is 3.29. The van der Waals surface area contributed by atoms with Crippen LogP contribution in [0.25, 0.3) is 16.6 Å². The fourth-order valence-corrected chi connectivity index (χ4v) is 4.14. The molecule has 0 spiro atoms. The number of aromatic nitrogens is 3. The van der Waals surface area contributed by atoms with Crippen molar-refractivity contribution < 1.29 is 22.7 Å². The second-order valence-corrected chi connectivity index (χ2v) is 8.84. The fourth-order valence-electron chi connectivity index (χ4n) is 3.62. The van der Waals surface area contributed by atoms with Crippen LogP contribution in [0, 0.1) is 13.8 Å². The number of esters is 1. The highest BCUT2D eigenvalue weighted by atomic mass is 32.2. The molecule has 0 aliphatic heterocycles. The van der Waals surface area contributed by atoms with Crippen molar-refractivity contribution in [2.45, 2.75) is 18.7 Å². The van der Waals surface area contributed by atoms with Gasteiger partial charge in [-0.3, -0.25) is 9.89 Å². The number of carbonyl (C=O) groups is 2. The summed E-state index contributed by atoms with van der Waals surface area (Å²) in [6, 6.07) is 14.8. The number of sulfonamides is 1. The molecule has 4 rings (SSSR count). The molecule has 164 valence electrons. The van der Waals surface area contributed by atoms with E-state index in [1.165, 1.54) is 12.1 Å². The Labute approximate surface area is 183 Å². The molecule has 0 unspecified atom stereocenters. The van der Waals surface area contributed by atoms with Gasteiger partial charge in [0.05, 0.1) is 10.4 Å². The molecule has 0 amide bonds. The summed E-state index contributed by atoms with van der Waals surface area (Å²) in [5, 5.41) is 12.5. The van der Waals surface area contributed by atoms with E-state index in [2.05, 4.69) is 10.2 Å². The number of ether oxygens (including phenoxy) is 1. The molecule has 10 heteroatoms. The maximum Gasteiger partial charge on any atom is 0.359 e. The van der Waals surface area contributed by atoms with Crippen LogP contribution in [-0.2, 0) is 14.8 Å². The van der Waals surface area contributed by atoms with Gasteiger partial charge in [0.25, 0.3) is 0 Å². The number of nitrogens with zero attached hydrogens (tertiary/aromatic N) is 2.